The summed E-state index contributed by atoms with van der Waals surface area (Å²) in [4.78, 5) is 27.9. The highest BCUT2D eigenvalue weighted by atomic mass is 16.5. The van der Waals surface area contributed by atoms with Crippen molar-refractivity contribution in [3.05, 3.63) is 58.1 Å². The van der Waals surface area contributed by atoms with E-state index in [0.717, 1.165) is 49.0 Å². The van der Waals surface area contributed by atoms with Crippen molar-refractivity contribution in [2.45, 2.75) is 31.6 Å². The molecule has 172 valence electrons. The molecule has 0 bridgehead atoms. The second-order valence-corrected chi connectivity index (χ2v) is 8.87. The summed E-state index contributed by atoms with van der Waals surface area (Å²) in [6.07, 6.45) is 3.09. The molecule has 1 heterocycles. The van der Waals surface area contributed by atoms with Crippen LogP contribution >= 0.6 is 0 Å². The Morgan fingerprint density at radius 2 is 1.56 bits per heavy atom. The molecule has 1 atom stereocenters. The Hall–Kier alpha value is -2.90. The summed E-state index contributed by atoms with van der Waals surface area (Å²) < 4.78 is 6.17. The van der Waals surface area contributed by atoms with Gasteiger partial charge in [0.15, 0.2) is 0 Å². The van der Waals surface area contributed by atoms with Crippen molar-refractivity contribution in [2.24, 2.45) is 0 Å². The fourth-order valence-electron chi connectivity index (χ4n) is 4.39. The minimum Gasteiger partial charge on any atom is -0.478 e. The van der Waals surface area contributed by atoms with E-state index in [1.54, 1.807) is 30.3 Å². The highest BCUT2D eigenvalue weighted by Crippen LogP contribution is 2.48. The predicted molar refractivity (Wildman–Crippen MR) is 123 cm³/mol. The Kier molecular flexibility index (Phi) is 7.53. The van der Waals surface area contributed by atoms with Crippen molar-refractivity contribution in [2.75, 3.05) is 41.3 Å². The molecule has 0 aromatic heterocycles. The van der Waals surface area contributed by atoms with Crippen LogP contribution in [0.15, 0.2) is 30.3 Å². The molecule has 0 fully saturated rings. The monoisotopic (exact) mass is 440 g/mol. The predicted octanol–water partition coefficient (Wildman–Crippen LogP) is 4.16. The van der Waals surface area contributed by atoms with E-state index in [4.69, 9.17) is 4.74 Å². The molecular weight excluding hydrogens is 408 g/mol. The molecule has 0 radical (unpaired) electrons. The van der Waals surface area contributed by atoms with E-state index in [-0.39, 0.29) is 11.5 Å². The second-order valence-electron chi connectivity index (χ2n) is 8.87. The molecule has 7 nitrogen and oxygen atoms in total. The van der Waals surface area contributed by atoms with Crippen LogP contribution in [0.1, 0.15) is 62.6 Å². The first kappa shape index (κ1) is 23.8. The molecule has 0 spiro atoms. The van der Waals surface area contributed by atoms with Gasteiger partial charge in [0.25, 0.3) is 0 Å². The fourth-order valence-corrected chi connectivity index (χ4v) is 4.39. The summed E-state index contributed by atoms with van der Waals surface area (Å²) in [5, 5.41) is 19.4. The van der Waals surface area contributed by atoms with Crippen LogP contribution in [-0.2, 0) is 6.42 Å². The minimum absolute atomic E-state index is 0.123. The van der Waals surface area contributed by atoms with Crippen molar-refractivity contribution in [3.63, 3.8) is 0 Å². The number of benzene rings is 2. The molecule has 7 heteroatoms. The third-order valence-corrected chi connectivity index (χ3v) is 5.88. The van der Waals surface area contributed by atoms with Gasteiger partial charge >= 0.3 is 11.9 Å². The standard InChI is InChI=1S/C25H32N2O5/c1-26(2)13-5-7-17-19(25(30)31)10-12-22-23(17)18(8-6-14-27(3)4)20-15-16(24(28)29)9-11-21(20)32-22/h9-12,15,18H,5-8,13-14H2,1-4H3,(H,28,29)(H,30,31). The van der Waals surface area contributed by atoms with E-state index in [9.17, 15) is 19.8 Å². The van der Waals surface area contributed by atoms with Crippen molar-refractivity contribution >= 4 is 11.9 Å². The number of ether oxygens (including phenoxy) is 1. The Labute approximate surface area is 189 Å². The van der Waals surface area contributed by atoms with Gasteiger partial charge in [0, 0.05) is 17.0 Å². The van der Waals surface area contributed by atoms with Gasteiger partial charge in [-0.05, 0) is 103 Å². The highest BCUT2D eigenvalue weighted by Gasteiger charge is 2.32. The van der Waals surface area contributed by atoms with Gasteiger partial charge in [0.05, 0.1) is 11.1 Å². The Morgan fingerprint density at radius 1 is 0.906 bits per heavy atom. The lowest BCUT2D eigenvalue weighted by Crippen LogP contribution is -2.20. The maximum atomic E-state index is 12.1. The average molecular weight is 441 g/mol. The molecule has 3 rings (SSSR count). The summed E-state index contributed by atoms with van der Waals surface area (Å²) in [6.45, 7) is 1.73. The van der Waals surface area contributed by atoms with E-state index < -0.39 is 11.9 Å². The molecule has 0 saturated heterocycles. The summed E-state index contributed by atoms with van der Waals surface area (Å²) in [7, 11) is 8.03. The fraction of sp³-hybridized carbons (Fsp3) is 0.440. The molecule has 0 saturated carbocycles. The summed E-state index contributed by atoms with van der Waals surface area (Å²) in [5.41, 5.74) is 2.99. The van der Waals surface area contributed by atoms with Crippen LogP contribution in [0.5, 0.6) is 11.5 Å². The Bertz CT molecular complexity index is 1000. The SMILES string of the molecule is CN(C)CCCc1c(C(=O)O)ccc2c1C(CCCN(C)C)c1cc(C(=O)O)ccc1O2. The lowest BCUT2D eigenvalue weighted by molar-refractivity contribution is 0.0685. The number of hydrogen-bond donors (Lipinski definition) is 2. The average Bonchev–Trinajstić information content (AvgIpc) is 2.72. The molecule has 1 aliphatic rings. The van der Waals surface area contributed by atoms with Gasteiger partial charge in [-0.25, -0.2) is 9.59 Å². The largest absolute Gasteiger partial charge is 0.478 e. The number of rotatable bonds is 10. The van der Waals surface area contributed by atoms with E-state index in [0.29, 0.717) is 23.5 Å². The van der Waals surface area contributed by atoms with Crippen LogP contribution in [0.2, 0.25) is 0 Å². The normalized spacial score (nSPS) is 14.8. The first-order valence-corrected chi connectivity index (χ1v) is 10.9. The van der Waals surface area contributed by atoms with Crippen LogP contribution in [0.4, 0.5) is 0 Å². The molecule has 2 N–H and O–H groups in total. The first-order valence-electron chi connectivity index (χ1n) is 10.9. The molecular formula is C25H32N2O5. The van der Waals surface area contributed by atoms with Crippen molar-refractivity contribution < 1.29 is 24.5 Å². The van der Waals surface area contributed by atoms with E-state index in [2.05, 4.69) is 9.80 Å². The zero-order valence-corrected chi connectivity index (χ0v) is 19.2. The molecule has 0 aliphatic carbocycles. The van der Waals surface area contributed by atoms with Gasteiger partial charge in [-0.2, -0.15) is 0 Å². The molecule has 2 aromatic rings. The maximum absolute atomic E-state index is 12.1. The van der Waals surface area contributed by atoms with Gasteiger partial charge in [0.2, 0.25) is 0 Å². The van der Waals surface area contributed by atoms with E-state index >= 15 is 0 Å². The number of carboxylic acids is 2. The third-order valence-electron chi connectivity index (χ3n) is 5.88. The van der Waals surface area contributed by atoms with Crippen molar-refractivity contribution in [1.29, 1.82) is 0 Å². The number of carboxylic acid groups (broad SMARTS) is 2. The smallest absolute Gasteiger partial charge is 0.335 e. The van der Waals surface area contributed by atoms with Gasteiger partial charge in [-0.15, -0.1) is 0 Å². The van der Waals surface area contributed by atoms with Gasteiger partial charge in [-0.3, -0.25) is 0 Å². The lowest BCUT2D eigenvalue weighted by atomic mass is 9.79. The molecule has 32 heavy (non-hydrogen) atoms. The lowest BCUT2D eigenvalue weighted by Gasteiger charge is -2.32. The van der Waals surface area contributed by atoms with Gasteiger partial charge in [0.1, 0.15) is 11.5 Å². The number of hydrogen-bond acceptors (Lipinski definition) is 5. The highest BCUT2D eigenvalue weighted by molar-refractivity contribution is 5.91. The Morgan fingerprint density at radius 3 is 2.19 bits per heavy atom. The van der Waals surface area contributed by atoms with Crippen LogP contribution < -0.4 is 4.74 Å². The molecule has 1 unspecified atom stereocenters. The van der Waals surface area contributed by atoms with Crippen molar-refractivity contribution in [1.82, 2.24) is 9.80 Å². The number of nitrogens with zero attached hydrogens (tertiary/aromatic N) is 2. The topological polar surface area (TPSA) is 90.3 Å². The zero-order chi connectivity index (χ0) is 23.4. The minimum atomic E-state index is -0.990. The third kappa shape index (κ3) is 5.29. The van der Waals surface area contributed by atoms with Gasteiger partial charge < -0.3 is 24.7 Å². The Balaban J connectivity index is 2.12. The first-order chi connectivity index (χ1) is 15.2. The summed E-state index contributed by atoms with van der Waals surface area (Å²) in [6, 6.07) is 8.29. The van der Waals surface area contributed by atoms with Crippen LogP contribution in [0.3, 0.4) is 0 Å². The second kappa shape index (κ2) is 10.1. The summed E-state index contributed by atoms with van der Waals surface area (Å²) in [5.74, 6) is -0.762. The van der Waals surface area contributed by atoms with E-state index in [1.165, 1.54) is 0 Å². The number of carbonyl (C=O) groups is 2. The molecule has 0 amide bonds. The number of fused-ring (bicyclic) bond motifs is 2. The van der Waals surface area contributed by atoms with E-state index in [1.807, 2.05) is 28.2 Å². The number of aromatic carboxylic acids is 2. The van der Waals surface area contributed by atoms with Gasteiger partial charge in [-0.1, -0.05) is 0 Å². The van der Waals surface area contributed by atoms with Crippen molar-refractivity contribution in [3.8, 4) is 11.5 Å². The van der Waals surface area contributed by atoms with Crippen LogP contribution in [0.25, 0.3) is 0 Å². The molecule has 1 aliphatic heterocycles. The summed E-state index contributed by atoms with van der Waals surface area (Å²) >= 11 is 0. The van der Waals surface area contributed by atoms with Crippen LogP contribution in [0, 0.1) is 0 Å². The quantitative estimate of drug-likeness (QED) is 0.573. The maximum Gasteiger partial charge on any atom is 0.335 e. The van der Waals surface area contributed by atoms with Crippen LogP contribution in [-0.4, -0.2) is 73.2 Å². The zero-order valence-electron chi connectivity index (χ0n) is 19.2. The molecule has 2 aromatic carbocycles.